The Bertz CT molecular complexity index is 485. The second kappa shape index (κ2) is 8.57. The van der Waals surface area contributed by atoms with Gasteiger partial charge in [-0.2, -0.15) is 0 Å². The van der Waals surface area contributed by atoms with Crippen molar-refractivity contribution in [2.45, 2.75) is 38.1 Å². The van der Waals surface area contributed by atoms with Crippen molar-refractivity contribution < 1.29 is 9.18 Å². The monoisotopic (exact) mass is 334 g/mol. The summed E-state index contributed by atoms with van der Waals surface area (Å²) in [5.41, 5.74) is 6.79. The highest BCUT2D eigenvalue weighted by molar-refractivity contribution is 6.31. The predicted molar refractivity (Wildman–Crippen MR) is 85.3 cm³/mol. The summed E-state index contributed by atoms with van der Waals surface area (Å²) in [5.74, 6) is -0.00648. The van der Waals surface area contributed by atoms with E-state index in [1.165, 1.54) is 12.1 Å². The van der Waals surface area contributed by atoms with Crippen LogP contribution in [0.15, 0.2) is 18.2 Å². The average molecular weight is 335 g/mol. The first-order valence-electron chi connectivity index (χ1n) is 7.02. The van der Waals surface area contributed by atoms with Crippen LogP contribution in [0.2, 0.25) is 5.02 Å². The van der Waals surface area contributed by atoms with E-state index in [4.69, 9.17) is 17.3 Å². The summed E-state index contributed by atoms with van der Waals surface area (Å²) in [6, 6.07) is 4.47. The first kappa shape index (κ1) is 18.2. The van der Waals surface area contributed by atoms with Crippen LogP contribution in [0.4, 0.5) is 4.39 Å². The summed E-state index contributed by atoms with van der Waals surface area (Å²) in [7, 11) is 0. The molecule has 0 spiro atoms. The molecule has 1 fully saturated rings. The molecule has 2 atom stereocenters. The maximum atomic E-state index is 12.9. The van der Waals surface area contributed by atoms with Crippen LogP contribution in [0.3, 0.4) is 0 Å². The number of hydrogen-bond acceptors (Lipinski definition) is 2. The molecule has 0 radical (unpaired) electrons. The van der Waals surface area contributed by atoms with Crippen molar-refractivity contribution in [1.29, 1.82) is 0 Å². The third-order valence-corrected chi connectivity index (χ3v) is 4.25. The first-order valence-corrected chi connectivity index (χ1v) is 7.40. The van der Waals surface area contributed by atoms with Gasteiger partial charge in [-0.3, -0.25) is 4.79 Å². The number of nitrogens with two attached hydrogens (primary N) is 1. The first-order chi connectivity index (χ1) is 9.56. The van der Waals surface area contributed by atoms with Crippen LogP contribution in [-0.4, -0.2) is 18.5 Å². The SMILES string of the molecule is Cl.N[C@@H]1CCC[C@H]1CC(=O)NCCc1ccc(F)cc1Cl. The molecule has 1 amide bonds. The number of rotatable bonds is 5. The summed E-state index contributed by atoms with van der Waals surface area (Å²) in [6.45, 7) is 0.506. The van der Waals surface area contributed by atoms with Crippen LogP contribution in [-0.2, 0) is 11.2 Å². The lowest BCUT2D eigenvalue weighted by atomic mass is 10.00. The number of nitrogens with one attached hydrogen (secondary N) is 1. The minimum absolute atomic E-state index is 0. The number of amides is 1. The van der Waals surface area contributed by atoms with Crippen LogP contribution >= 0.6 is 24.0 Å². The second-order valence-corrected chi connectivity index (χ2v) is 5.80. The zero-order chi connectivity index (χ0) is 14.5. The van der Waals surface area contributed by atoms with Gasteiger partial charge in [0.25, 0.3) is 0 Å². The van der Waals surface area contributed by atoms with Gasteiger partial charge in [0.05, 0.1) is 0 Å². The zero-order valence-electron chi connectivity index (χ0n) is 11.8. The minimum atomic E-state index is -0.349. The number of halogens is 3. The quantitative estimate of drug-likeness (QED) is 0.869. The van der Waals surface area contributed by atoms with Crippen molar-refractivity contribution in [1.82, 2.24) is 5.32 Å². The third kappa shape index (κ3) is 5.46. The van der Waals surface area contributed by atoms with Crippen molar-refractivity contribution in [3.8, 4) is 0 Å². The van der Waals surface area contributed by atoms with Gasteiger partial charge in [-0.1, -0.05) is 24.1 Å². The van der Waals surface area contributed by atoms with Crippen molar-refractivity contribution in [2.75, 3.05) is 6.54 Å². The Morgan fingerprint density at radius 2 is 2.19 bits per heavy atom. The van der Waals surface area contributed by atoms with Gasteiger partial charge >= 0.3 is 0 Å². The lowest BCUT2D eigenvalue weighted by Crippen LogP contribution is -2.32. The molecular formula is C15H21Cl2FN2O. The van der Waals surface area contributed by atoms with E-state index in [1.807, 2.05) is 0 Å². The fourth-order valence-corrected chi connectivity index (χ4v) is 2.95. The number of carbonyl (C=O) groups excluding carboxylic acids is 1. The maximum absolute atomic E-state index is 12.9. The Balaban J connectivity index is 0.00000220. The van der Waals surface area contributed by atoms with E-state index in [0.29, 0.717) is 30.3 Å². The molecule has 0 aliphatic heterocycles. The molecule has 6 heteroatoms. The van der Waals surface area contributed by atoms with Crippen LogP contribution in [0.1, 0.15) is 31.2 Å². The standard InChI is InChI=1S/C15H20ClFN2O.ClH/c16-13-9-12(17)5-4-10(13)6-7-19-15(20)8-11-2-1-3-14(11)18;/h4-5,9,11,14H,1-3,6-8,18H2,(H,19,20);1H/t11-,14+;/m0./s1. The maximum Gasteiger partial charge on any atom is 0.220 e. The zero-order valence-corrected chi connectivity index (χ0v) is 13.4. The van der Waals surface area contributed by atoms with E-state index in [2.05, 4.69) is 5.32 Å². The Morgan fingerprint density at radius 1 is 1.43 bits per heavy atom. The fourth-order valence-electron chi connectivity index (χ4n) is 2.69. The van der Waals surface area contributed by atoms with Crippen molar-refractivity contribution >= 4 is 29.9 Å². The van der Waals surface area contributed by atoms with Gasteiger partial charge in [0, 0.05) is 24.0 Å². The lowest BCUT2D eigenvalue weighted by molar-refractivity contribution is -0.122. The fraction of sp³-hybridized carbons (Fsp3) is 0.533. The normalized spacial score (nSPS) is 20.9. The molecular weight excluding hydrogens is 314 g/mol. The molecule has 1 aliphatic rings. The molecule has 3 nitrogen and oxygen atoms in total. The summed E-state index contributed by atoms with van der Waals surface area (Å²) < 4.78 is 12.9. The molecule has 0 heterocycles. The van der Waals surface area contributed by atoms with Gasteiger partial charge in [0.2, 0.25) is 5.91 Å². The Kier molecular flexibility index (Phi) is 7.43. The van der Waals surface area contributed by atoms with Gasteiger partial charge in [0.1, 0.15) is 5.82 Å². The van der Waals surface area contributed by atoms with E-state index in [1.54, 1.807) is 6.07 Å². The van der Waals surface area contributed by atoms with E-state index >= 15 is 0 Å². The molecule has 1 aliphatic carbocycles. The summed E-state index contributed by atoms with van der Waals surface area (Å²) in [4.78, 5) is 11.8. The van der Waals surface area contributed by atoms with E-state index in [0.717, 1.165) is 24.8 Å². The molecule has 3 N–H and O–H groups in total. The van der Waals surface area contributed by atoms with E-state index in [-0.39, 0.29) is 30.2 Å². The number of hydrogen-bond donors (Lipinski definition) is 2. The molecule has 118 valence electrons. The molecule has 1 aromatic carbocycles. The number of benzene rings is 1. The molecule has 21 heavy (non-hydrogen) atoms. The third-order valence-electron chi connectivity index (χ3n) is 3.90. The van der Waals surface area contributed by atoms with Crippen LogP contribution in [0.5, 0.6) is 0 Å². The minimum Gasteiger partial charge on any atom is -0.356 e. The highest BCUT2D eigenvalue weighted by atomic mass is 35.5. The van der Waals surface area contributed by atoms with E-state index < -0.39 is 0 Å². The van der Waals surface area contributed by atoms with Gasteiger partial charge in [-0.25, -0.2) is 4.39 Å². The molecule has 1 saturated carbocycles. The summed E-state index contributed by atoms with van der Waals surface area (Å²) in [5, 5.41) is 3.27. The molecule has 1 aromatic rings. The smallest absolute Gasteiger partial charge is 0.220 e. The Hall–Kier alpha value is -0.840. The summed E-state index contributed by atoms with van der Waals surface area (Å²) in [6.07, 6.45) is 4.27. The average Bonchev–Trinajstić information content (AvgIpc) is 2.78. The van der Waals surface area contributed by atoms with Crippen LogP contribution in [0.25, 0.3) is 0 Å². The van der Waals surface area contributed by atoms with Crippen LogP contribution < -0.4 is 11.1 Å². The van der Waals surface area contributed by atoms with Crippen LogP contribution in [0, 0.1) is 11.7 Å². The highest BCUT2D eigenvalue weighted by Crippen LogP contribution is 2.26. The topological polar surface area (TPSA) is 55.1 Å². The Morgan fingerprint density at radius 3 is 2.81 bits per heavy atom. The molecule has 0 saturated heterocycles. The van der Waals surface area contributed by atoms with Crippen molar-refractivity contribution in [3.05, 3.63) is 34.6 Å². The van der Waals surface area contributed by atoms with Gasteiger partial charge in [-0.05, 0) is 42.9 Å². The van der Waals surface area contributed by atoms with Gasteiger partial charge < -0.3 is 11.1 Å². The largest absolute Gasteiger partial charge is 0.356 e. The molecule has 0 bridgehead atoms. The predicted octanol–water partition coefficient (Wildman–Crippen LogP) is 3.08. The highest BCUT2D eigenvalue weighted by Gasteiger charge is 2.25. The number of carbonyl (C=O) groups is 1. The lowest BCUT2D eigenvalue weighted by Gasteiger charge is -2.14. The second-order valence-electron chi connectivity index (χ2n) is 5.39. The van der Waals surface area contributed by atoms with E-state index in [9.17, 15) is 9.18 Å². The molecule has 2 rings (SSSR count). The van der Waals surface area contributed by atoms with Gasteiger partial charge in [0.15, 0.2) is 0 Å². The molecule has 0 aromatic heterocycles. The van der Waals surface area contributed by atoms with Crippen molar-refractivity contribution in [2.24, 2.45) is 11.7 Å². The Labute approximate surface area is 135 Å². The van der Waals surface area contributed by atoms with Gasteiger partial charge in [-0.15, -0.1) is 12.4 Å². The summed E-state index contributed by atoms with van der Waals surface area (Å²) >= 11 is 5.93. The van der Waals surface area contributed by atoms with Crippen molar-refractivity contribution in [3.63, 3.8) is 0 Å². The molecule has 0 unspecified atom stereocenters.